The zero-order valence-electron chi connectivity index (χ0n) is 14.7. The van der Waals surface area contributed by atoms with Gasteiger partial charge in [0.15, 0.2) is 0 Å². The van der Waals surface area contributed by atoms with E-state index in [-0.39, 0.29) is 12.5 Å². The van der Waals surface area contributed by atoms with E-state index >= 15 is 0 Å². The van der Waals surface area contributed by atoms with E-state index in [0.29, 0.717) is 17.1 Å². The molecule has 1 atom stereocenters. The van der Waals surface area contributed by atoms with Gasteiger partial charge in [-0.05, 0) is 38.0 Å². The third-order valence-corrected chi connectivity index (χ3v) is 3.88. The number of nitrogens with zero attached hydrogens (tertiary/aromatic N) is 1. The summed E-state index contributed by atoms with van der Waals surface area (Å²) < 4.78 is 10.8. The molecule has 25 heavy (non-hydrogen) atoms. The molecule has 0 aliphatic carbocycles. The van der Waals surface area contributed by atoms with Gasteiger partial charge in [-0.25, -0.2) is 4.79 Å². The summed E-state index contributed by atoms with van der Waals surface area (Å²) in [6.45, 7) is 7.39. The van der Waals surface area contributed by atoms with Crippen molar-refractivity contribution in [2.75, 3.05) is 0 Å². The quantitative estimate of drug-likeness (QED) is 0.799. The first-order valence-corrected chi connectivity index (χ1v) is 7.98. The number of amides is 1. The number of aryl methyl sites for hydroxylation is 2. The Bertz CT molecular complexity index is 747. The van der Waals surface area contributed by atoms with E-state index in [1.165, 1.54) is 0 Å². The zero-order chi connectivity index (χ0) is 18.6. The molecule has 0 fully saturated rings. The molecule has 1 aromatic heterocycles. The highest BCUT2D eigenvalue weighted by Crippen LogP contribution is 2.18. The SMILES string of the molecule is Cc1noc(C)c1COc1cccc(C(=O)NC(C(=O)O)C(C)C)c1. The summed E-state index contributed by atoms with van der Waals surface area (Å²) in [4.78, 5) is 23.5. The number of aliphatic carboxylic acids is 1. The van der Waals surface area contributed by atoms with Crippen molar-refractivity contribution in [2.24, 2.45) is 5.92 Å². The van der Waals surface area contributed by atoms with E-state index in [2.05, 4.69) is 10.5 Å². The number of carboxylic acid groups (broad SMARTS) is 1. The van der Waals surface area contributed by atoms with Crippen molar-refractivity contribution in [1.82, 2.24) is 10.5 Å². The fourth-order valence-electron chi connectivity index (χ4n) is 2.33. The normalized spacial score (nSPS) is 12.0. The van der Waals surface area contributed by atoms with Crippen LogP contribution in [0.2, 0.25) is 0 Å². The van der Waals surface area contributed by atoms with E-state index in [1.54, 1.807) is 45.0 Å². The molecule has 0 bridgehead atoms. The number of nitrogens with one attached hydrogen (secondary N) is 1. The van der Waals surface area contributed by atoms with Crippen LogP contribution in [0.15, 0.2) is 28.8 Å². The van der Waals surface area contributed by atoms with Gasteiger partial charge < -0.3 is 19.7 Å². The first-order valence-electron chi connectivity index (χ1n) is 7.98. The van der Waals surface area contributed by atoms with Crippen LogP contribution in [0.4, 0.5) is 0 Å². The monoisotopic (exact) mass is 346 g/mol. The Hall–Kier alpha value is -2.83. The Morgan fingerprint density at radius 2 is 2.04 bits per heavy atom. The molecule has 0 radical (unpaired) electrons. The lowest BCUT2D eigenvalue weighted by atomic mass is 10.0. The molecule has 0 saturated carbocycles. The number of aromatic nitrogens is 1. The van der Waals surface area contributed by atoms with Crippen LogP contribution >= 0.6 is 0 Å². The Labute approximate surface area is 146 Å². The number of carbonyl (C=O) groups excluding carboxylic acids is 1. The molecule has 1 heterocycles. The first-order chi connectivity index (χ1) is 11.8. The zero-order valence-corrected chi connectivity index (χ0v) is 14.7. The van der Waals surface area contributed by atoms with Crippen molar-refractivity contribution < 1.29 is 24.0 Å². The van der Waals surface area contributed by atoms with Gasteiger partial charge >= 0.3 is 5.97 Å². The van der Waals surface area contributed by atoms with E-state index in [1.807, 2.05) is 6.92 Å². The third-order valence-electron chi connectivity index (χ3n) is 3.88. The van der Waals surface area contributed by atoms with E-state index in [0.717, 1.165) is 11.3 Å². The number of rotatable bonds is 7. The second-order valence-corrected chi connectivity index (χ2v) is 6.15. The van der Waals surface area contributed by atoms with E-state index in [9.17, 15) is 14.7 Å². The largest absolute Gasteiger partial charge is 0.489 e. The lowest BCUT2D eigenvalue weighted by molar-refractivity contribution is -0.140. The third kappa shape index (κ3) is 4.59. The maximum absolute atomic E-state index is 12.3. The van der Waals surface area contributed by atoms with E-state index < -0.39 is 17.9 Å². The highest BCUT2D eigenvalue weighted by Gasteiger charge is 2.24. The first kappa shape index (κ1) is 18.5. The number of hydrogen-bond donors (Lipinski definition) is 2. The van der Waals surface area contributed by atoms with Gasteiger partial charge in [0.2, 0.25) is 0 Å². The molecular weight excluding hydrogens is 324 g/mol. The van der Waals surface area contributed by atoms with Crippen molar-refractivity contribution in [3.8, 4) is 5.75 Å². The van der Waals surface area contributed by atoms with Crippen LogP contribution in [-0.2, 0) is 11.4 Å². The van der Waals surface area contributed by atoms with Crippen LogP contribution in [-0.4, -0.2) is 28.2 Å². The molecule has 1 aromatic carbocycles. The maximum atomic E-state index is 12.3. The van der Waals surface area contributed by atoms with Crippen LogP contribution in [0.5, 0.6) is 5.75 Å². The van der Waals surface area contributed by atoms with E-state index in [4.69, 9.17) is 9.26 Å². The minimum absolute atomic E-state index is 0.222. The minimum Gasteiger partial charge on any atom is -0.489 e. The van der Waals surface area contributed by atoms with Gasteiger partial charge in [0.1, 0.15) is 24.2 Å². The van der Waals surface area contributed by atoms with Gasteiger partial charge in [-0.2, -0.15) is 0 Å². The topological polar surface area (TPSA) is 102 Å². The fourth-order valence-corrected chi connectivity index (χ4v) is 2.33. The Morgan fingerprint density at radius 1 is 1.32 bits per heavy atom. The number of ether oxygens (including phenoxy) is 1. The molecular formula is C18H22N2O5. The average molecular weight is 346 g/mol. The van der Waals surface area contributed by atoms with Crippen molar-refractivity contribution in [2.45, 2.75) is 40.3 Å². The summed E-state index contributed by atoms with van der Waals surface area (Å²) in [7, 11) is 0. The predicted molar refractivity (Wildman–Crippen MR) is 90.5 cm³/mol. The Kier molecular flexibility index (Phi) is 5.80. The summed E-state index contributed by atoms with van der Waals surface area (Å²) in [6.07, 6.45) is 0. The van der Waals surface area contributed by atoms with Crippen molar-refractivity contribution in [1.29, 1.82) is 0 Å². The molecule has 2 rings (SSSR count). The predicted octanol–water partition coefficient (Wildman–Crippen LogP) is 2.71. The van der Waals surface area contributed by atoms with Crippen molar-refractivity contribution in [3.63, 3.8) is 0 Å². The van der Waals surface area contributed by atoms with Gasteiger partial charge in [-0.1, -0.05) is 25.1 Å². The summed E-state index contributed by atoms with van der Waals surface area (Å²) in [5, 5.41) is 15.6. The Balaban J connectivity index is 2.07. The van der Waals surface area contributed by atoms with Gasteiger partial charge in [-0.3, -0.25) is 4.79 Å². The van der Waals surface area contributed by atoms with Crippen LogP contribution in [0, 0.1) is 19.8 Å². The number of hydrogen-bond acceptors (Lipinski definition) is 5. The van der Waals surface area contributed by atoms with Crippen LogP contribution in [0.1, 0.15) is 41.2 Å². The summed E-state index contributed by atoms with van der Waals surface area (Å²) in [6, 6.07) is 5.65. The molecule has 7 heteroatoms. The molecule has 1 unspecified atom stereocenters. The van der Waals surface area contributed by atoms with Crippen molar-refractivity contribution in [3.05, 3.63) is 46.8 Å². The Morgan fingerprint density at radius 3 is 2.60 bits per heavy atom. The molecule has 7 nitrogen and oxygen atoms in total. The summed E-state index contributed by atoms with van der Waals surface area (Å²) in [5.74, 6) is -0.546. The smallest absolute Gasteiger partial charge is 0.326 e. The molecule has 134 valence electrons. The molecule has 1 amide bonds. The summed E-state index contributed by atoms with van der Waals surface area (Å²) in [5.41, 5.74) is 1.95. The molecule has 0 saturated heterocycles. The molecule has 0 aliphatic heterocycles. The summed E-state index contributed by atoms with van der Waals surface area (Å²) >= 11 is 0. The molecule has 2 aromatic rings. The highest BCUT2D eigenvalue weighted by molar-refractivity contribution is 5.96. The second-order valence-electron chi connectivity index (χ2n) is 6.15. The standard InChI is InChI=1S/C18H22N2O5/c1-10(2)16(18(22)23)19-17(21)13-6-5-7-14(8-13)24-9-15-11(3)20-25-12(15)4/h5-8,10,16H,9H2,1-4H3,(H,19,21)(H,22,23). The average Bonchev–Trinajstić information content (AvgIpc) is 2.88. The molecule has 2 N–H and O–H groups in total. The van der Waals surface area contributed by atoms with Gasteiger partial charge in [0.25, 0.3) is 5.91 Å². The number of carbonyl (C=O) groups is 2. The van der Waals surface area contributed by atoms with Crippen molar-refractivity contribution >= 4 is 11.9 Å². The molecule has 0 spiro atoms. The number of benzene rings is 1. The maximum Gasteiger partial charge on any atom is 0.326 e. The van der Waals surface area contributed by atoms with Crippen LogP contribution < -0.4 is 10.1 Å². The lowest BCUT2D eigenvalue weighted by Gasteiger charge is -2.18. The minimum atomic E-state index is -1.06. The fraction of sp³-hybridized carbons (Fsp3) is 0.389. The van der Waals surface area contributed by atoms with Gasteiger partial charge in [0, 0.05) is 5.56 Å². The highest BCUT2D eigenvalue weighted by atomic mass is 16.5. The number of carboxylic acids is 1. The van der Waals surface area contributed by atoms with Gasteiger partial charge in [0.05, 0.1) is 11.3 Å². The molecule has 0 aliphatic rings. The van der Waals surface area contributed by atoms with Crippen LogP contribution in [0.25, 0.3) is 0 Å². The lowest BCUT2D eigenvalue weighted by Crippen LogP contribution is -2.44. The second kappa shape index (κ2) is 7.83. The van der Waals surface area contributed by atoms with Gasteiger partial charge in [-0.15, -0.1) is 0 Å². The van der Waals surface area contributed by atoms with Crippen LogP contribution in [0.3, 0.4) is 0 Å².